The number of aliphatic hydroxyl groups is 2. The Labute approximate surface area is 287 Å². The first kappa shape index (κ1) is 33.7. The number of fused-ring (bicyclic) bond motifs is 2. The fraction of sp³-hybridized carbons (Fsp3) is 0.757. The number of hydrogen-bond donors (Lipinski definition) is 2. The Kier molecular flexibility index (Phi) is 7.75. The van der Waals surface area contributed by atoms with Crippen LogP contribution < -0.4 is 4.90 Å². The zero-order chi connectivity index (χ0) is 34.8. The number of carbonyl (C=O) groups is 3. The molecule has 2 aliphatic heterocycles. The van der Waals surface area contributed by atoms with Crippen molar-refractivity contribution < 1.29 is 48.3 Å². The van der Waals surface area contributed by atoms with Gasteiger partial charge in [0.1, 0.15) is 11.2 Å². The van der Waals surface area contributed by atoms with Crippen LogP contribution in [0, 0.1) is 40.4 Å². The summed E-state index contributed by atoms with van der Waals surface area (Å²) in [5.41, 5.74) is -4.17. The van der Waals surface area contributed by atoms with Gasteiger partial charge >= 0.3 is 5.97 Å². The number of methoxy groups -OCH3 is 4. The molecular formula is C37H50N2O10. The van der Waals surface area contributed by atoms with Crippen LogP contribution >= 0.6 is 0 Å². The Morgan fingerprint density at radius 3 is 2.43 bits per heavy atom. The zero-order valence-corrected chi connectivity index (χ0v) is 29.3. The number of piperidine rings is 1. The number of rotatable bonds is 9. The number of esters is 1. The summed E-state index contributed by atoms with van der Waals surface area (Å²) in [7, 11) is 6.70. The topological polar surface area (TPSA) is 144 Å². The molecular weight excluding hydrogens is 632 g/mol. The van der Waals surface area contributed by atoms with Crippen molar-refractivity contribution in [2.75, 3.05) is 53.0 Å². The maximum absolute atomic E-state index is 14.1. The van der Waals surface area contributed by atoms with Crippen molar-refractivity contribution in [1.82, 2.24) is 4.90 Å². The molecule has 0 aromatic heterocycles. The van der Waals surface area contributed by atoms with Crippen molar-refractivity contribution in [3.8, 4) is 0 Å². The molecule has 2 heterocycles. The predicted molar refractivity (Wildman–Crippen MR) is 174 cm³/mol. The first-order valence-corrected chi connectivity index (χ1v) is 17.9. The number of amides is 2. The van der Waals surface area contributed by atoms with Gasteiger partial charge < -0.3 is 33.9 Å². The van der Waals surface area contributed by atoms with E-state index in [9.17, 15) is 24.6 Å². The van der Waals surface area contributed by atoms with Crippen molar-refractivity contribution in [3.05, 3.63) is 29.8 Å². The molecule has 7 bridgehead atoms. The monoisotopic (exact) mass is 682 g/mol. The Morgan fingerprint density at radius 2 is 1.80 bits per heavy atom. The van der Waals surface area contributed by atoms with Crippen LogP contribution in [0.25, 0.3) is 0 Å². The van der Waals surface area contributed by atoms with Gasteiger partial charge in [0.2, 0.25) is 11.8 Å². The van der Waals surface area contributed by atoms with Gasteiger partial charge in [-0.1, -0.05) is 26.0 Å². The molecule has 4 unspecified atom stereocenters. The van der Waals surface area contributed by atoms with Gasteiger partial charge in [-0.25, -0.2) is 9.69 Å². The smallest absolute Gasteiger partial charge is 0.340 e. The molecule has 1 spiro atoms. The summed E-state index contributed by atoms with van der Waals surface area (Å²) in [6, 6.07) is 6.12. The van der Waals surface area contributed by atoms with Crippen molar-refractivity contribution in [2.24, 2.45) is 40.4 Å². The highest BCUT2D eigenvalue weighted by Crippen LogP contribution is 2.80. The summed E-state index contributed by atoms with van der Waals surface area (Å²) in [6.07, 6.45) is 0.813. The van der Waals surface area contributed by atoms with Gasteiger partial charge in [0.25, 0.3) is 0 Å². The number of likely N-dealkylation sites (tertiary alicyclic amines) is 1. The fourth-order valence-corrected chi connectivity index (χ4v) is 13.2. The first-order valence-electron chi connectivity index (χ1n) is 17.9. The number of imide groups is 1. The molecule has 12 nitrogen and oxygen atoms in total. The summed E-state index contributed by atoms with van der Waals surface area (Å²) in [4.78, 5) is 43.3. The molecule has 268 valence electrons. The second kappa shape index (κ2) is 11.3. The van der Waals surface area contributed by atoms with E-state index in [1.807, 2.05) is 0 Å². The lowest BCUT2D eigenvalue weighted by atomic mass is 9.42. The molecule has 14 atom stereocenters. The van der Waals surface area contributed by atoms with Crippen LogP contribution in [-0.2, 0) is 33.3 Å². The van der Waals surface area contributed by atoms with Crippen LogP contribution in [-0.4, -0.2) is 123 Å². The summed E-state index contributed by atoms with van der Waals surface area (Å²) in [6.45, 7) is 4.95. The van der Waals surface area contributed by atoms with Gasteiger partial charge in [0.05, 0.1) is 48.3 Å². The SMILES string of the molecule is CCN1C[C@]2(COC(=O)c3ccccc3N3C(=O)C[C@H](C)C3=O)CCC(OC)C34C1C(O)([C@@H](OC)[C@@H]32)[C@@]1(O)C[C@H](OC)[C@@H]2C[C@@H]4[C@@H]1[C@H]2OC. The van der Waals surface area contributed by atoms with E-state index in [2.05, 4.69) is 11.8 Å². The summed E-state index contributed by atoms with van der Waals surface area (Å²) in [5.74, 6) is -2.47. The highest BCUT2D eigenvalue weighted by atomic mass is 16.5. The van der Waals surface area contributed by atoms with Crippen molar-refractivity contribution in [2.45, 2.75) is 87.6 Å². The lowest BCUT2D eigenvalue weighted by molar-refractivity contribution is -0.320. The molecule has 12 heteroatoms. The third-order valence-corrected chi connectivity index (χ3v) is 14.5. The van der Waals surface area contributed by atoms with E-state index < -0.39 is 46.1 Å². The van der Waals surface area contributed by atoms with Crippen LogP contribution in [0.15, 0.2) is 24.3 Å². The molecule has 49 heavy (non-hydrogen) atoms. The Morgan fingerprint density at radius 1 is 1.04 bits per heavy atom. The molecule has 2 N–H and O–H groups in total. The standard InChI is InChI=1S/C37H50N2O10/c1-7-38-17-34(18-49-32(42)20-10-8-9-11-23(20)39-26(40)14-19(2)31(39)41)13-12-25(46-4)36-22-15-21-24(45-3)16-35(43,27(22)28(21)47-5)37(44,33(36)38)30(48-6)29(34)36/h8-11,19,21-22,24-25,27-30,33,43-44H,7,12-18H2,1-6H3/t19-,21-,22+,24-,25?,27+,28-,29+,30-,33?,34-,35+,36?,37?/m0/s1. The minimum absolute atomic E-state index is 0.0358. The van der Waals surface area contributed by atoms with Gasteiger partial charge in [-0.05, 0) is 43.9 Å². The molecule has 1 aromatic rings. The van der Waals surface area contributed by atoms with E-state index >= 15 is 0 Å². The van der Waals surface area contributed by atoms with Crippen LogP contribution in [0.2, 0.25) is 0 Å². The highest BCUT2D eigenvalue weighted by Gasteiger charge is 2.91. The summed E-state index contributed by atoms with van der Waals surface area (Å²) in [5, 5.41) is 26.6. The largest absolute Gasteiger partial charge is 0.461 e. The fourth-order valence-electron chi connectivity index (χ4n) is 13.2. The van der Waals surface area contributed by atoms with Gasteiger partial charge in [0.15, 0.2) is 0 Å². The number of likely N-dealkylation sites (N-methyl/N-ethyl adjacent to an activating group) is 1. The molecule has 5 aliphatic carbocycles. The Hall–Kier alpha value is -2.45. The van der Waals surface area contributed by atoms with E-state index in [1.54, 1.807) is 59.6 Å². The average molecular weight is 683 g/mol. The minimum Gasteiger partial charge on any atom is -0.461 e. The quantitative estimate of drug-likeness (QED) is 0.292. The van der Waals surface area contributed by atoms with Crippen molar-refractivity contribution >= 4 is 23.5 Å². The summed E-state index contributed by atoms with van der Waals surface area (Å²) >= 11 is 0. The van der Waals surface area contributed by atoms with Gasteiger partial charge in [0, 0.05) is 82.3 Å². The molecule has 0 radical (unpaired) electrons. The van der Waals surface area contributed by atoms with E-state index in [-0.39, 0.29) is 84.5 Å². The third kappa shape index (κ3) is 3.86. The molecule has 7 fully saturated rings. The second-order valence-corrected chi connectivity index (χ2v) is 16.0. The van der Waals surface area contributed by atoms with E-state index in [1.165, 1.54) is 0 Å². The lowest BCUT2D eigenvalue weighted by Crippen LogP contribution is -2.82. The Balaban J connectivity index is 1.23. The van der Waals surface area contributed by atoms with E-state index in [0.29, 0.717) is 25.9 Å². The van der Waals surface area contributed by atoms with Gasteiger partial charge in [-0.15, -0.1) is 0 Å². The number of hydrogen-bond acceptors (Lipinski definition) is 11. The number of carbonyl (C=O) groups excluding carboxylic acids is 3. The molecule has 5 saturated carbocycles. The van der Waals surface area contributed by atoms with Crippen LogP contribution in [0.3, 0.4) is 0 Å². The number of anilines is 1. The highest BCUT2D eigenvalue weighted by molar-refractivity contribution is 6.22. The molecule has 1 aromatic carbocycles. The molecule has 2 amide bonds. The first-order chi connectivity index (χ1) is 23.4. The molecule has 8 rings (SSSR count). The Bertz CT molecular complexity index is 1560. The molecule has 7 aliphatic rings. The maximum atomic E-state index is 14.1. The van der Waals surface area contributed by atoms with E-state index in [4.69, 9.17) is 23.7 Å². The third-order valence-electron chi connectivity index (χ3n) is 14.5. The number of nitrogens with zero attached hydrogens (tertiary/aromatic N) is 2. The average Bonchev–Trinajstić information content (AvgIpc) is 3.63. The predicted octanol–water partition coefficient (Wildman–Crippen LogP) is 2.04. The summed E-state index contributed by atoms with van der Waals surface area (Å²) < 4.78 is 31.4. The number of para-hydroxylation sites is 1. The normalized spacial score (nSPS) is 48.0. The zero-order valence-electron chi connectivity index (χ0n) is 29.3. The second-order valence-electron chi connectivity index (χ2n) is 16.0. The minimum atomic E-state index is -1.70. The number of ether oxygens (including phenoxy) is 5. The molecule has 2 saturated heterocycles. The van der Waals surface area contributed by atoms with Crippen LogP contribution in [0.1, 0.15) is 56.3 Å². The van der Waals surface area contributed by atoms with Crippen molar-refractivity contribution in [1.29, 1.82) is 0 Å². The van der Waals surface area contributed by atoms with Gasteiger partial charge in [-0.3, -0.25) is 14.5 Å². The maximum Gasteiger partial charge on any atom is 0.340 e. The van der Waals surface area contributed by atoms with Gasteiger partial charge in [-0.2, -0.15) is 0 Å². The van der Waals surface area contributed by atoms with Crippen LogP contribution in [0.4, 0.5) is 5.69 Å². The van der Waals surface area contributed by atoms with Crippen LogP contribution in [0.5, 0.6) is 0 Å². The number of benzene rings is 1. The van der Waals surface area contributed by atoms with Crippen molar-refractivity contribution in [3.63, 3.8) is 0 Å². The van der Waals surface area contributed by atoms with E-state index in [0.717, 1.165) is 11.3 Å². The lowest BCUT2D eigenvalue weighted by Gasteiger charge is -2.70.